The number of likely N-dealkylation sites (N-methyl/N-ethyl adjacent to an activating group) is 1. The lowest BCUT2D eigenvalue weighted by Gasteiger charge is -2.17. The molecule has 0 saturated carbocycles. The third kappa shape index (κ3) is 1.89. The van der Waals surface area contributed by atoms with E-state index in [1.165, 1.54) is 0 Å². The molecule has 1 aromatic heterocycles. The van der Waals surface area contributed by atoms with Crippen molar-refractivity contribution in [1.82, 2.24) is 20.1 Å². The summed E-state index contributed by atoms with van der Waals surface area (Å²) in [6.07, 6.45) is 0. The van der Waals surface area contributed by atoms with Crippen LogP contribution in [0.5, 0.6) is 0 Å². The van der Waals surface area contributed by atoms with Gasteiger partial charge in [-0.05, 0) is 13.5 Å². The smallest absolute Gasteiger partial charge is 0.139 e. The molecule has 0 bridgehead atoms. The third-order valence-electron chi connectivity index (χ3n) is 3.00. The van der Waals surface area contributed by atoms with Gasteiger partial charge in [-0.1, -0.05) is 6.92 Å². The number of hydrogen-bond donors (Lipinski definition) is 1. The van der Waals surface area contributed by atoms with Crippen molar-refractivity contribution in [2.24, 2.45) is 7.05 Å². The maximum atomic E-state index is 5.50. The molecule has 1 fully saturated rings. The Morgan fingerprint density at radius 1 is 1.47 bits per heavy atom. The molecule has 0 spiro atoms. The summed E-state index contributed by atoms with van der Waals surface area (Å²) in [7, 11) is 2.01. The quantitative estimate of drug-likeness (QED) is 0.775. The Hall–Kier alpha value is -0.940. The molecule has 2 rings (SSSR count). The lowest BCUT2D eigenvalue weighted by atomic mass is 10.0. The van der Waals surface area contributed by atoms with Crippen LogP contribution in [0.25, 0.3) is 0 Å². The normalized spacial score (nSPS) is 26.1. The number of nitrogens with zero attached hydrogens (tertiary/aromatic N) is 3. The Balaban J connectivity index is 2.19. The van der Waals surface area contributed by atoms with Gasteiger partial charge in [-0.3, -0.25) is 0 Å². The fraction of sp³-hybridized carbons (Fsp3) is 0.800. The van der Waals surface area contributed by atoms with Crippen LogP contribution in [0.2, 0.25) is 0 Å². The Morgan fingerprint density at radius 2 is 2.27 bits per heavy atom. The maximum Gasteiger partial charge on any atom is 0.139 e. The van der Waals surface area contributed by atoms with Crippen LogP contribution in [0.15, 0.2) is 0 Å². The fourth-order valence-corrected chi connectivity index (χ4v) is 2.02. The number of nitrogens with one attached hydrogen (secondary N) is 1. The van der Waals surface area contributed by atoms with Crippen LogP contribution in [-0.4, -0.2) is 40.6 Å². The molecule has 1 saturated heterocycles. The molecule has 5 nitrogen and oxygen atoms in total. The monoisotopic (exact) mass is 210 g/mol. The first-order valence-corrected chi connectivity index (χ1v) is 5.41. The van der Waals surface area contributed by atoms with Gasteiger partial charge in [0, 0.05) is 13.1 Å². The minimum absolute atomic E-state index is 0.330. The van der Waals surface area contributed by atoms with E-state index in [2.05, 4.69) is 22.4 Å². The molecule has 1 aromatic rings. The molecule has 2 unspecified atom stereocenters. The first-order chi connectivity index (χ1) is 7.24. The summed E-state index contributed by atoms with van der Waals surface area (Å²) < 4.78 is 7.54. The molecule has 1 aliphatic heterocycles. The van der Waals surface area contributed by atoms with Gasteiger partial charge in [0.1, 0.15) is 11.6 Å². The Kier molecular flexibility index (Phi) is 3.02. The van der Waals surface area contributed by atoms with E-state index < -0.39 is 0 Å². The highest BCUT2D eigenvalue weighted by Crippen LogP contribution is 2.24. The average molecular weight is 210 g/mol. The van der Waals surface area contributed by atoms with E-state index in [9.17, 15) is 0 Å². The molecule has 0 aromatic carbocycles. The molecular weight excluding hydrogens is 192 g/mol. The minimum atomic E-state index is 0.330. The van der Waals surface area contributed by atoms with Crippen LogP contribution in [0, 0.1) is 6.92 Å². The van der Waals surface area contributed by atoms with Gasteiger partial charge in [0.15, 0.2) is 0 Å². The van der Waals surface area contributed by atoms with Gasteiger partial charge in [-0.15, -0.1) is 10.2 Å². The van der Waals surface area contributed by atoms with Crippen LogP contribution in [-0.2, 0) is 11.8 Å². The van der Waals surface area contributed by atoms with E-state index in [0.29, 0.717) is 12.0 Å². The van der Waals surface area contributed by atoms with E-state index in [1.54, 1.807) is 0 Å². The van der Waals surface area contributed by atoms with Crippen LogP contribution in [0.4, 0.5) is 0 Å². The molecule has 15 heavy (non-hydrogen) atoms. The second kappa shape index (κ2) is 4.28. The van der Waals surface area contributed by atoms with E-state index in [4.69, 9.17) is 4.74 Å². The summed E-state index contributed by atoms with van der Waals surface area (Å²) in [6.45, 7) is 6.54. The van der Waals surface area contributed by atoms with E-state index in [0.717, 1.165) is 31.4 Å². The second-order valence-electron chi connectivity index (χ2n) is 3.97. The summed E-state index contributed by atoms with van der Waals surface area (Å²) in [5.41, 5.74) is 0. The average Bonchev–Trinajstić information content (AvgIpc) is 2.77. The Morgan fingerprint density at radius 3 is 2.87 bits per heavy atom. The zero-order valence-corrected chi connectivity index (χ0v) is 9.53. The fourth-order valence-electron chi connectivity index (χ4n) is 2.02. The zero-order valence-electron chi connectivity index (χ0n) is 9.53. The van der Waals surface area contributed by atoms with Gasteiger partial charge in [0.2, 0.25) is 0 Å². The largest absolute Gasteiger partial charge is 0.379 e. The van der Waals surface area contributed by atoms with Crippen LogP contribution in [0.3, 0.4) is 0 Å². The van der Waals surface area contributed by atoms with Crippen molar-refractivity contribution in [2.45, 2.75) is 25.8 Å². The lowest BCUT2D eigenvalue weighted by molar-refractivity contribution is 0.187. The highest BCUT2D eigenvalue weighted by atomic mass is 16.5. The standard InChI is InChI=1S/C10H18N4O/c1-4-11-9-6-15-5-8(9)10-13-12-7(2)14(10)3/h8-9,11H,4-6H2,1-3H3. The van der Waals surface area contributed by atoms with Crippen molar-refractivity contribution in [3.05, 3.63) is 11.6 Å². The van der Waals surface area contributed by atoms with E-state index in [-0.39, 0.29) is 0 Å². The predicted molar refractivity (Wildman–Crippen MR) is 56.8 cm³/mol. The minimum Gasteiger partial charge on any atom is -0.379 e. The summed E-state index contributed by atoms with van der Waals surface area (Å²) in [5, 5.41) is 11.7. The summed E-state index contributed by atoms with van der Waals surface area (Å²) in [5.74, 6) is 2.30. The molecular formula is C10H18N4O. The maximum absolute atomic E-state index is 5.50. The van der Waals surface area contributed by atoms with Gasteiger partial charge in [-0.2, -0.15) is 0 Å². The zero-order chi connectivity index (χ0) is 10.8. The van der Waals surface area contributed by atoms with Crippen LogP contribution in [0.1, 0.15) is 24.5 Å². The molecule has 84 valence electrons. The number of aromatic nitrogens is 3. The number of ether oxygens (including phenoxy) is 1. The molecule has 5 heteroatoms. The van der Waals surface area contributed by atoms with Crippen molar-refractivity contribution in [2.75, 3.05) is 19.8 Å². The highest BCUT2D eigenvalue weighted by molar-refractivity contribution is 5.07. The van der Waals surface area contributed by atoms with Crippen molar-refractivity contribution < 1.29 is 4.74 Å². The first-order valence-electron chi connectivity index (χ1n) is 5.41. The highest BCUT2D eigenvalue weighted by Gasteiger charge is 2.32. The SMILES string of the molecule is CCNC1COCC1c1nnc(C)n1C. The topological polar surface area (TPSA) is 52.0 Å². The molecule has 1 aliphatic rings. The van der Waals surface area contributed by atoms with Crippen molar-refractivity contribution in [3.63, 3.8) is 0 Å². The van der Waals surface area contributed by atoms with E-state index >= 15 is 0 Å². The van der Waals surface area contributed by atoms with Crippen LogP contribution >= 0.6 is 0 Å². The second-order valence-corrected chi connectivity index (χ2v) is 3.97. The number of hydrogen-bond acceptors (Lipinski definition) is 4. The van der Waals surface area contributed by atoms with Gasteiger partial charge in [0.05, 0.1) is 19.1 Å². The summed E-state index contributed by atoms with van der Waals surface area (Å²) in [4.78, 5) is 0. The molecule has 0 aliphatic carbocycles. The number of aryl methyl sites for hydroxylation is 1. The first kappa shape index (κ1) is 10.6. The number of rotatable bonds is 3. The third-order valence-corrected chi connectivity index (χ3v) is 3.00. The summed E-state index contributed by atoms with van der Waals surface area (Å²) in [6, 6.07) is 0.373. The molecule has 1 N–H and O–H groups in total. The van der Waals surface area contributed by atoms with Crippen molar-refractivity contribution in [3.8, 4) is 0 Å². The molecule has 2 heterocycles. The molecule has 0 radical (unpaired) electrons. The van der Waals surface area contributed by atoms with Crippen molar-refractivity contribution in [1.29, 1.82) is 0 Å². The molecule has 0 amide bonds. The van der Waals surface area contributed by atoms with Gasteiger partial charge in [-0.25, -0.2) is 0 Å². The van der Waals surface area contributed by atoms with Gasteiger partial charge < -0.3 is 14.6 Å². The lowest BCUT2D eigenvalue weighted by Crippen LogP contribution is -2.35. The Labute approximate surface area is 89.8 Å². The Bertz CT molecular complexity index is 336. The predicted octanol–water partition coefficient (Wildman–Crippen LogP) is 0.215. The summed E-state index contributed by atoms with van der Waals surface area (Å²) >= 11 is 0. The van der Waals surface area contributed by atoms with Gasteiger partial charge in [0.25, 0.3) is 0 Å². The van der Waals surface area contributed by atoms with Crippen LogP contribution < -0.4 is 5.32 Å². The van der Waals surface area contributed by atoms with Gasteiger partial charge >= 0.3 is 0 Å². The van der Waals surface area contributed by atoms with Crippen molar-refractivity contribution >= 4 is 0 Å². The van der Waals surface area contributed by atoms with E-state index in [1.807, 2.05) is 18.5 Å². The molecule has 2 atom stereocenters.